The summed E-state index contributed by atoms with van der Waals surface area (Å²) in [5.74, 6) is -1.79. The zero-order valence-electron chi connectivity index (χ0n) is 8.24. The van der Waals surface area contributed by atoms with Gasteiger partial charge in [0, 0.05) is 23.5 Å². The molecule has 0 aliphatic carbocycles. The topological polar surface area (TPSA) is 86.6 Å². The number of carboxylic acid groups (broad SMARTS) is 1. The predicted octanol–water partition coefficient (Wildman–Crippen LogP) is 1.81. The third-order valence-electron chi connectivity index (χ3n) is 1.83. The Labute approximate surface area is 100 Å². The van der Waals surface area contributed by atoms with Crippen molar-refractivity contribution >= 4 is 33.5 Å². The monoisotopic (exact) mass is 287 g/mol. The largest absolute Gasteiger partial charge is 0.507 e. The minimum absolute atomic E-state index is 0.196. The van der Waals surface area contributed by atoms with Gasteiger partial charge in [0.15, 0.2) is 0 Å². The van der Waals surface area contributed by atoms with E-state index in [1.165, 1.54) is 18.2 Å². The summed E-state index contributed by atoms with van der Waals surface area (Å²) in [6.45, 7) is 0. The van der Waals surface area contributed by atoms with E-state index >= 15 is 0 Å². The molecule has 0 saturated carbocycles. The first-order valence-electron chi connectivity index (χ1n) is 4.46. The Kier molecular flexibility index (Phi) is 4.30. The molecule has 5 nitrogen and oxygen atoms in total. The van der Waals surface area contributed by atoms with Gasteiger partial charge in [0.25, 0.3) is 0 Å². The van der Waals surface area contributed by atoms with Crippen molar-refractivity contribution in [1.82, 2.24) is 0 Å². The third kappa shape index (κ3) is 3.23. The summed E-state index contributed by atoms with van der Waals surface area (Å²) < 4.78 is 0. The number of carbonyl (C=O) groups is 2. The zero-order chi connectivity index (χ0) is 12.1. The van der Waals surface area contributed by atoms with Gasteiger partial charge in [-0.3, -0.25) is 4.79 Å². The van der Waals surface area contributed by atoms with Crippen LogP contribution in [0.5, 0.6) is 5.75 Å². The lowest BCUT2D eigenvalue weighted by Gasteiger charge is -2.05. The van der Waals surface area contributed by atoms with Crippen LogP contribution in [0.3, 0.4) is 0 Å². The number of rotatable bonds is 4. The van der Waals surface area contributed by atoms with Gasteiger partial charge in [0.05, 0.1) is 0 Å². The van der Waals surface area contributed by atoms with Gasteiger partial charge in [-0.25, -0.2) is 4.79 Å². The van der Waals surface area contributed by atoms with Gasteiger partial charge in [0.2, 0.25) is 5.91 Å². The van der Waals surface area contributed by atoms with Crippen LogP contribution in [-0.2, 0) is 4.79 Å². The molecule has 3 N–H and O–H groups in total. The SMILES string of the molecule is O=C(CCBr)Nc1ccc(C(=O)O)c(O)c1. The second-order valence-electron chi connectivity index (χ2n) is 3.02. The number of carboxylic acids is 1. The molecule has 1 aromatic rings. The summed E-state index contributed by atoms with van der Waals surface area (Å²) in [6.07, 6.45) is 0.307. The Balaban J connectivity index is 2.81. The number of aromatic carboxylic acids is 1. The molecule has 0 aliphatic heterocycles. The van der Waals surface area contributed by atoms with E-state index in [0.717, 1.165) is 0 Å². The first-order valence-corrected chi connectivity index (χ1v) is 5.59. The van der Waals surface area contributed by atoms with Crippen LogP contribution in [0, 0.1) is 0 Å². The standard InChI is InChI=1S/C10H10BrNO4/c11-4-3-9(14)12-6-1-2-7(10(15)16)8(13)5-6/h1-2,5,13H,3-4H2,(H,12,14)(H,15,16). The van der Waals surface area contributed by atoms with Crippen LogP contribution in [0.25, 0.3) is 0 Å². The van der Waals surface area contributed by atoms with Gasteiger partial charge in [-0.2, -0.15) is 0 Å². The zero-order valence-corrected chi connectivity index (χ0v) is 9.82. The van der Waals surface area contributed by atoms with Crippen LogP contribution in [0.15, 0.2) is 18.2 Å². The second kappa shape index (κ2) is 5.50. The van der Waals surface area contributed by atoms with Gasteiger partial charge in [-0.05, 0) is 12.1 Å². The molecule has 0 spiro atoms. The Morgan fingerprint density at radius 2 is 2.06 bits per heavy atom. The number of carbonyl (C=O) groups excluding carboxylic acids is 1. The summed E-state index contributed by atoms with van der Waals surface area (Å²) >= 11 is 3.12. The summed E-state index contributed by atoms with van der Waals surface area (Å²) in [7, 11) is 0. The summed E-state index contributed by atoms with van der Waals surface area (Å²) in [4.78, 5) is 21.8. The first kappa shape index (κ1) is 12.5. The number of amides is 1. The molecule has 0 radical (unpaired) electrons. The van der Waals surface area contributed by atoms with E-state index < -0.39 is 5.97 Å². The number of alkyl halides is 1. The van der Waals surface area contributed by atoms with E-state index in [1.54, 1.807) is 0 Å². The lowest BCUT2D eigenvalue weighted by atomic mass is 10.2. The number of aromatic hydroxyl groups is 1. The minimum atomic E-state index is -1.21. The maximum atomic E-state index is 11.2. The lowest BCUT2D eigenvalue weighted by molar-refractivity contribution is -0.115. The van der Waals surface area contributed by atoms with E-state index in [2.05, 4.69) is 21.2 Å². The number of halogens is 1. The predicted molar refractivity (Wildman–Crippen MR) is 62.1 cm³/mol. The number of benzene rings is 1. The van der Waals surface area contributed by atoms with Crippen molar-refractivity contribution in [2.24, 2.45) is 0 Å². The van der Waals surface area contributed by atoms with E-state index in [-0.39, 0.29) is 17.2 Å². The van der Waals surface area contributed by atoms with Crippen molar-refractivity contribution < 1.29 is 19.8 Å². The second-order valence-corrected chi connectivity index (χ2v) is 3.82. The molecule has 0 heterocycles. The highest BCUT2D eigenvalue weighted by Crippen LogP contribution is 2.21. The average molecular weight is 288 g/mol. The quantitative estimate of drug-likeness (QED) is 0.737. The average Bonchev–Trinajstić information content (AvgIpc) is 2.17. The highest BCUT2D eigenvalue weighted by atomic mass is 79.9. The molecule has 86 valence electrons. The van der Waals surface area contributed by atoms with Gasteiger partial charge < -0.3 is 15.5 Å². The Morgan fingerprint density at radius 3 is 2.56 bits per heavy atom. The number of anilines is 1. The molecule has 6 heteroatoms. The van der Waals surface area contributed by atoms with E-state index in [4.69, 9.17) is 5.11 Å². The Bertz CT molecular complexity index is 419. The molecular formula is C10H10BrNO4. The molecule has 0 unspecified atom stereocenters. The van der Waals surface area contributed by atoms with Crippen LogP contribution in [0.2, 0.25) is 0 Å². The smallest absolute Gasteiger partial charge is 0.339 e. The van der Waals surface area contributed by atoms with Crippen molar-refractivity contribution in [2.45, 2.75) is 6.42 Å². The molecule has 0 aromatic heterocycles. The Hall–Kier alpha value is -1.56. The van der Waals surface area contributed by atoms with Crippen LogP contribution < -0.4 is 5.32 Å². The lowest BCUT2D eigenvalue weighted by Crippen LogP contribution is -2.11. The molecule has 1 amide bonds. The molecule has 0 aliphatic rings. The first-order chi connectivity index (χ1) is 7.54. The van der Waals surface area contributed by atoms with Gasteiger partial charge in [0.1, 0.15) is 11.3 Å². The van der Waals surface area contributed by atoms with Crippen molar-refractivity contribution in [3.63, 3.8) is 0 Å². The fourth-order valence-corrected chi connectivity index (χ4v) is 1.46. The summed E-state index contributed by atoms with van der Waals surface area (Å²) in [5, 5.41) is 21.1. The molecule has 0 fully saturated rings. The van der Waals surface area contributed by atoms with Crippen molar-refractivity contribution in [3.8, 4) is 5.75 Å². The minimum Gasteiger partial charge on any atom is -0.507 e. The van der Waals surface area contributed by atoms with Gasteiger partial charge in [-0.15, -0.1) is 0 Å². The van der Waals surface area contributed by atoms with Crippen molar-refractivity contribution in [3.05, 3.63) is 23.8 Å². The highest BCUT2D eigenvalue weighted by molar-refractivity contribution is 9.09. The van der Waals surface area contributed by atoms with Crippen LogP contribution in [0.4, 0.5) is 5.69 Å². The van der Waals surface area contributed by atoms with Crippen LogP contribution >= 0.6 is 15.9 Å². The molecule has 16 heavy (non-hydrogen) atoms. The fourth-order valence-electron chi connectivity index (χ4n) is 1.10. The summed E-state index contributed by atoms with van der Waals surface area (Å²) in [6, 6.07) is 3.87. The number of phenols is 1. The summed E-state index contributed by atoms with van der Waals surface area (Å²) in [5.41, 5.74) is 0.173. The van der Waals surface area contributed by atoms with Crippen molar-refractivity contribution in [2.75, 3.05) is 10.6 Å². The van der Waals surface area contributed by atoms with Gasteiger partial charge >= 0.3 is 5.97 Å². The molecule has 1 aromatic carbocycles. The fraction of sp³-hybridized carbons (Fsp3) is 0.200. The maximum absolute atomic E-state index is 11.2. The maximum Gasteiger partial charge on any atom is 0.339 e. The molecule has 0 atom stereocenters. The van der Waals surface area contributed by atoms with Gasteiger partial charge in [-0.1, -0.05) is 15.9 Å². The van der Waals surface area contributed by atoms with E-state index in [1.807, 2.05) is 0 Å². The Morgan fingerprint density at radius 1 is 1.38 bits per heavy atom. The molecule has 0 saturated heterocycles. The number of hydrogen-bond donors (Lipinski definition) is 3. The molecule has 0 bridgehead atoms. The number of nitrogens with one attached hydrogen (secondary N) is 1. The molecule has 1 rings (SSSR count). The van der Waals surface area contributed by atoms with E-state index in [9.17, 15) is 14.7 Å². The normalized spacial score (nSPS) is 9.81. The van der Waals surface area contributed by atoms with Crippen LogP contribution in [-0.4, -0.2) is 27.4 Å². The van der Waals surface area contributed by atoms with E-state index in [0.29, 0.717) is 17.4 Å². The van der Waals surface area contributed by atoms with Crippen molar-refractivity contribution in [1.29, 1.82) is 0 Å². The number of hydrogen-bond acceptors (Lipinski definition) is 3. The highest BCUT2D eigenvalue weighted by Gasteiger charge is 2.10. The third-order valence-corrected chi connectivity index (χ3v) is 2.23. The molecular weight excluding hydrogens is 278 g/mol. The van der Waals surface area contributed by atoms with Crippen LogP contribution in [0.1, 0.15) is 16.8 Å².